The summed E-state index contributed by atoms with van der Waals surface area (Å²) in [6.45, 7) is 6.20. The zero-order valence-electron chi connectivity index (χ0n) is 13.9. The van der Waals surface area contributed by atoms with Crippen LogP contribution in [0.15, 0.2) is 59.6 Å². The van der Waals surface area contributed by atoms with E-state index in [1.807, 2.05) is 68.4 Å². The highest BCUT2D eigenvalue weighted by Gasteiger charge is 2.03. The maximum Gasteiger partial charge on any atom is 0.241 e. The number of amides is 1. The largest absolute Gasteiger partial charge is 0.489 e. The second kappa shape index (κ2) is 10.2. The van der Waals surface area contributed by atoms with Crippen molar-refractivity contribution in [3.63, 3.8) is 0 Å². The maximum absolute atomic E-state index is 10.9. The van der Waals surface area contributed by atoms with E-state index in [1.165, 1.54) is 0 Å². The molecular formula is C19H24N2O2. The molecule has 0 aliphatic carbocycles. The monoisotopic (exact) mass is 312 g/mol. The first-order valence-electron chi connectivity index (χ1n) is 7.74. The third kappa shape index (κ3) is 6.78. The normalized spacial score (nSPS) is 11.4. The summed E-state index contributed by atoms with van der Waals surface area (Å²) in [7, 11) is 0. The Hall–Kier alpha value is -2.62. The Bertz CT molecular complexity index is 607. The van der Waals surface area contributed by atoms with E-state index in [0.717, 1.165) is 16.9 Å². The lowest BCUT2D eigenvalue weighted by Gasteiger charge is -2.06. The molecule has 0 saturated carbocycles. The van der Waals surface area contributed by atoms with Crippen LogP contribution in [0, 0.1) is 0 Å². The molecule has 0 aliphatic rings. The molecule has 0 spiro atoms. The van der Waals surface area contributed by atoms with E-state index in [9.17, 15) is 4.79 Å². The molecule has 2 aromatic carbocycles. The Balaban J connectivity index is 0.00000127. The van der Waals surface area contributed by atoms with Crippen LogP contribution in [0.3, 0.4) is 0 Å². The molecule has 1 amide bonds. The van der Waals surface area contributed by atoms with Gasteiger partial charge in [0.25, 0.3) is 0 Å². The maximum atomic E-state index is 10.9. The lowest BCUT2D eigenvalue weighted by molar-refractivity contribution is -0.118. The highest BCUT2D eigenvalue weighted by atomic mass is 16.5. The molecule has 0 aromatic heterocycles. The third-order valence-electron chi connectivity index (χ3n) is 2.99. The van der Waals surface area contributed by atoms with E-state index < -0.39 is 11.9 Å². The van der Waals surface area contributed by atoms with Gasteiger partial charge in [-0.05, 0) is 42.3 Å². The molecule has 2 N–H and O–H groups in total. The number of aliphatic imine (C=N–C) groups is 1. The first-order chi connectivity index (χ1) is 11.1. The number of rotatable bonds is 6. The van der Waals surface area contributed by atoms with E-state index in [4.69, 9.17) is 10.5 Å². The van der Waals surface area contributed by atoms with Crippen LogP contribution in [0.4, 0.5) is 0 Å². The molecule has 23 heavy (non-hydrogen) atoms. The third-order valence-corrected chi connectivity index (χ3v) is 2.99. The van der Waals surface area contributed by atoms with Gasteiger partial charge < -0.3 is 10.5 Å². The molecule has 0 radical (unpaired) electrons. The van der Waals surface area contributed by atoms with Gasteiger partial charge in [0.2, 0.25) is 5.91 Å². The predicted molar refractivity (Wildman–Crippen MR) is 94.8 cm³/mol. The molecule has 122 valence electrons. The van der Waals surface area contributed by atoms with E-state index in [-0.39, 0.29) is 0 Å². The second-order valence-corrected chi connectivity index (χ2v) is 4.70. The van der Waals surface area contributed by atoms with Gasteiger partial charge in [-0.3, -0.25) is 9.79 Å². The topological polar surface area (TPSA) is 64.7 Å². The molecule has 4 nitrogen and oxygen atoms in total. The van der Waals surface area contributed by atoms with Gasteiger partial charge in [0, 0.05) is 6.21 Å². The van der Waals surface area contributed by atoms with Crippen LogP contribution in [-0.4, -0.2) is 18.2 Å². The number of hydrogen-bond acceptors (Lipinski definition) is 3. The first-order valence-corrected chi connectivity index (χ1v) is 7.74. The molecular weight excluding hydrogens is 288 g/mol. The first kappa shape index (κ1) is 18.4. The van der Waals surface area contributed by atoms with Crippen LogP contribution in [0.5, 0.6) is 5.75 Å². The quantitative estimate of drug-likeness (QED) is 0.828. The van der Waals surface area contributed by atoms with Crippen LogP contribution in [-0.2, 0) is 11.4 Å². The van der Waals surface area contributed by atoms with Gasteiger partial charge in [-0.1, -0.05) is 44.2 Å². The predicted octanol–water partition coefficient (Wildman–Crippen LogP) is 3.58. The van der Waals surface area contributed by atoms with Crippen molar-refractivity contribution in [1.29, 1.82) is 0 Å². The number of benzene rings is 2. The zero-order valence-corrected chi connectivity index (χ0v) is 13.9. The Labute approximate surface area is 138 Å². The molecule has 1 atom stereocenters. The van der Waals surface area contributed by atoms with Crippen molar-refractivity contribution in [2.75, 3.05) is 0 Å². The number of hydrogen-bond donors (Lipinski definition) is 1. The number of nitrogens with zero attached hydrogens (tertiary/aromatic N) is 1. The van der Waals surface area contributed by atoms with Crippen molar-refractivity contribution in [1.82, 2.24) is 0 Å². The van der Waals surface area contributed by atoms with Gasteiger partial charge in [-0.25, -0.2) is 0 Å². The summed E-state index contributed by atoms with van der Waals surface area (Å²) in [5, 5.41) is 0. The molecule has 0 unspecified atom stereocenters. The number of primary amides is 1. The van der Waals surface area contributed by atoms with Gasteiger partial charge in [0.05, 0.1) is 0 Å². The fraction of sp³-hybridized carbons (Fsp3) is 0.263. The number of carbonyl (C=O) groups is 1. The number of nitrogens with two attached hydrogens (primary N) is 1. The Morgan fingerprint density at radius 2 is 1.74 bits per heavy atom. The van der Waals surface area contributed by atoms with Crippen LogP contribution in [0.2, 0.25) is 0 Å². The summed E-state index contributed by atoms with van der Waals surface area (Å²) in [6, 6.07) is 17.0. The minimum absolute atomic E-state index is 0.436. The van der Waals surface area contributed by atoms with Crippen molar-refractivity contribution >= 4 is 12.1 Å². The van der Waals surface area contributed by atoms with Crippen molar-refractivity contribution in [2.24, 2.45) is 10.7 Å². The van der Waals surface area contributed by atoms with Gasteiger partial charge in [0.15, 0.2) is 0 Å². The second-order valence-electron chi connectivity index (χ2n) is 4.70. The van der Waals surface area contributed by atoms with Crippen LogP contribution < -0.4 is 10.5 Å². The standard InChI is InChI=1S/C17H18N2O2.C2H6/c1-13(17(18)20)19-11-14-7-9-16(10-8-14)21-12-15-5-3-2-4-6-15;1-2/h2-11,13H,12H2,1H3,(H2,18,20);1-2H3/t13-;/m0./s1. The van der Waals surface area contributed by atoms with Gasteiger partial charge >= 0.3 is 0 Å². The van der Waals surface area contributed by atoms with Crippen molar-refractivity contribution in [3.05, 3.63) is 65.7 Å². The highest BCUT2D eigenvalue weighted by Crippen LogP contribution is 2.13. The van der Waals surface area contributed by atoms with E-state index in [1.54, 1.807) is 13.1 Å². The van der Waals surface area contributed by atoms with Crippen LogP contribution in [0.1, 0.15) is 31.9 Å². The summed E-state index contributed by atoms with van der Waals surface area (Å²) >= 11 is 0. The summed E-state index contributed by atoms with van der Waals surface area (Å²) in [4.78, 5) is 15.0. The molecule has 0 heterocycles. The van der Waals surface area contributed by atoms with E-state index >= 15 is 0 Å². The van der Waals surface area contributed by atoms with Crippen molar-refractivity contribution in [2.45, 2.75) is 33.4 Å². The SMILES string of the molecule is CC.C[C@H](N=Cc1ccc(OCc2ccccc2)cc1)C(N)=O. The highest BCUT2D eigenvalue weighted by molar-refractivity contribution is 5.85. The summed E-state index contributed by atoms with van der Waals surface area (Å²) < 4.78 is 5.69. The molecule has 0 saturated heterocycles. The summed E-state index contributed by atoms with van der Waals surface area (Å²) in [5.41, 5.74) is 7.17. The summed E-state index contributed by atoms with van der Waals surface area (Å²) in [5.74, 6) is 0.355. The van der Waals surface area contributed by atoms with E-state index in [0.29, 0.717) is 6.61 Å². The average Bonchev–Trinajstić information content (AvgIpc) is 2.61. The number of ether oxygens (including phenoxy) is 1. The van der Waals surface area contributed by atoms with Gasteiger partial charge in [-0.2, -0.15) is 0 Å². The zero-order chi connectivity index (χ0) is 17.1. The number of carbonyl (C=O) groups excluding carboxylic acids is 1. The average molecular weight is 312 g/mol. The lowest BCUT2D eigenvalue weighted by atomic mass is 10.2. The Morgan fingerprint density at radius 3 is 2.30 bits per heavy atom. The fourth-order valence-electron chi connectivity index (χ4n) is 1.66. The Morgan fingerprint density at radius 1 is 1.13 bits per heavy atom. The van der Waals surface area contributed by atoms with Crippen LogP contribution >= 0.6 is 0 Å². The minimum atomic E-state index is -0.515. The van der Waals surface area contributed by atoms with Gasteiger partial charge in [-0.15, -0.1) is 0 Å². The molecule has 0 aliphatic heterocycles. The van der Waals surface area contributed by atoms with E-state index in [2.05, 4.69) is 4.99 Å². The minimum Gasteiger partial charge on any atom is -0.489 e. The molecule has 2 rings (SSSR count). The smallest absolute Gasteiger partial charge is 0.241 e. The fourth-order valence-corrected chi connectivity index (χ4v) is 1.66. The van der Waals surface area contributed by atoms with Crippen molar-refractivity contribution < 1.29 is 9.53 Å². The Kier molecular flexibility index (Phi) is 8.14. The summed E-state index contributed by atoms with van der Waals surface area (Å²) in [6.07, 6.45) is 1.64. The molecule has 0 bridgehead atoms. The lowest BCUT2D eigenvalue weighted by Crippen LogP contribution is -2.23. The van der Waals surface area contributed by atoms with Crippen LogP contribution in [0.25, 0.3) is 0 Å². The van der Waals surface area contributed by atoms with Crippen molar-refractivity contribution in [3.8, 4) is 5.75 Å². The molecule has 0 fully saturated rings. The molecule has 4 heteroatoms. The van der Waals surface area contributed by atoms with Gasteiger partial charge in [0.1, 0.15) is 18.4 Å². The molecule has 2 aromatic rings.